The molecule has 0 saturated carbocycles. The summed E-state index contributed by atoms with van der Waals surface area (Å²) in [6.45, 7) is 5.17. The molecule has 1 atom stereocenters. The van der Waals surface area contributed by atoms with Crippen LogP contribution in [0, 0.1) is 5.92 Å². The smallest absolute Gasteiger partial charge is 0.329 e. The van der Waals surface area contributed by atoms with Crippen molar-refractivity contribution in [1.82, 2.24) is 39.3 Å². The number of aromatic nitrogens is 8. The lowest BCUT2D eigenvalue weighted by molar-refractivity contribution is 0.121. The Morgan fingerprint density at radius 3 is 2.71 bits per heavy atom. The fourth-order valence-corrected chi connectivity index (χ4v) is 4.88. The average molecular weight is 484 g/mol. The minimum absolute atomic E-state index is 0.153. The number of hydrogen-bond acceptors (Lipinski definition) is 9. The lowest BCUT2D eigenvalue weighted by Crippen LogP contribution is -2.38. The second-order valence-electron chi connectivity index (χ2n) is 8.24. The van der Waals surface area contributed by atoms with Crippen LogP contribution >= 0.6 is 11.8 Å². The zero-order valence-corrected chi connectivity index (χ0v) is 19.7. The van der Waals surface area contributed by atoms with E-state index in [1.165, 1.54) is 4.57 Å². The third kappa shape index (κ3) is 4.23. The van der Waals surface area contributed by atoms with Gasteiger partial charge in [-0.1, -0.05) is 36.9 Å². The van der Waals surface area contributed by atoms with E-state index in [9.17, 15) is 9.59 Å². The molecule has 1 aliphatic heterocycles. The lowest BCUT2D eigenvalue weighted by Gasteiger charge is -2.28. The van der Waals surface area contributed by atoms with E-state index in [1.807, 2.05) is 34.9 Å². The van der Waals surface area contributed by atoms with Crippen LogP contribution in [0.5, 0.6) is 0 Å². The third-order valence-corrected chi connectivity index (χ3v) is 6.96. The molecule has 34 heavy (non-hydrogen) atoms. The molecule has 0 unspecified atom stereocenters. The first-order chi connectivity index (χ1) is 16.5. The summed E-state index contributed by atoms with van der Waals surface area (Å²) < 4.78 is 10.5. The number of ether oxygens (including phenoxy) is 1. The Balaban J connectivity index is 1.42. The summed E-state index contributed by atoms with van der Waals surface area (Å²) in [7, 11) is 1.61. The van der Waals surface area contributed by atoms with Crippen LogP contribution in [0.15, 0.2) is 45.1 Å². The van der Waals surface area contributed by atoms with Crippen LogP contribution < -0.4 is 16.1 Å². The van der Waals surface area contributed by atoms with E-state index in [0.29, 0.717) is 55.1 Å². The number of para-hydroxylation sites is 1. The van der Waals surface area contributed by atoms with Crippen LogP contribution in [-0.4, -0.2) is 71.4 Å². The highest BCUT2D eigenvalue weighted by Crippen LogP contribution is 2.25. The molecule has 5 rings (SSSR count). The number of thioether (sulfide) groups is 1. The fourth-order valence-electron chi connectivity index (χ4n) is 3.98. The van der Waals surface area contributed by atoms with Crippen LogP contribution in [0.2, 0.25) is 0 Å². The standard InChI is InChI=1S/C21H25N9O3S/c1-14(13-34-21-24-25-26-30(21)15-6-4-3-5-7-15)12-29-16-17(27(2)20(32)23-18(16)31)22-19(29)28-8-10-33-11-9-28/h3-7,14H,8-13H2,1-2H3,(H,23,31,32)/t14-/m1/s1. The molecule has 13 heteroatoms. The number of nitrogens with zero attached hydrogens (tertiary/aromatic N) is 8. The van der Waals surface area contributed by atoms with Gasteiger partial charge in [-0.25, -0.2) is 4.79 Å². The minimum Gasteiger partial charge on any atom is -0.378 e. The van der Waals surface area contributed by atoms with Gasteiger partial charge in [0, 0.05) is 32.4 Å². The Morgan fingerprint density at radius 2 is 1.94 bits per heavy atom. The number of imidazole rings is 1. The van der Waals surface area contributed by atoms with Gasteiger partial charge in [-0.2, -0.15) is 9.67 Å². The molecule has 0 aliphatic carbocycles. The molecule has 1 aliphatic rings. The van der Waals surface area contributed by atoms with Gasteiger partial charge >= 0.3 is 5.69 Å². The van der Waals surface area contributed by atoms with Crippen molar-refractivity contribution < 1.29 is 4.74 Å². The monoisotopic (exact) mass is 483 g/mol. The van der Waals surface area contributed by atoms with Crippen LogP contribution in [0.1, 0.15) is 6.92 Å². The van der Waals surface area contributed by atoms with Crippen molar-refractivity contribution in [2.45, 2.75) is 18.6 Å². The van der Waals surface area contributed by atoms with E-state index in [-0.39, 0.29) is 5.92 Å². The minimum atomic E-state index is -0.480. The number of anilines is 1. The van der Waals surface area contributed by atoms with Crippen molar-refractivity contribution in [3.05, 3.63) is 51.2 Å². The number of nitrogens with one attached hydrogen (secondary N) is 1. The highest BCUT2D eigenvalue weighted by Gasteiger charge is 2.24. The highest BCUT2D eigenvalue weighted by molar-refractivity contribution is 7.99. The summed E-state index contributed by atoms with van der Waals surface area (Å²) in [5.74, 6) is 1.55. The van der Waals surface area contributed by atoms with Gasteiger partial charge in [0.2, 0.25) is 11.1 Å². The quantitative estimate of drug-likeness (QED) is 0.377. The van der Waals surface area contributed by atoms with Crippen LogP contribution in [0.25, 0.3) is 16.9 Å². The Bertz CT molecular complexity index is 1400. The second-order valence-corrected chi connectivity index (χ2v) is 9.22. The number of aryl methyl sites for hydroxylation is 1. The molecule has 1 fully saturated rings. The van der Waals surface area contributed by atoms with Crippen molar-refractivity contribution >= 4 is 28.9 Å². The molecular weight excluding hydrogens is 458 g/mol. The van der Waals surface area contributed by atoms with Crippen molar-refractivity contribution in [3.63, 3.8) is 0 Å². The Kier molecular flexibility index (Phi) is 6.20. The van der Waals surface area contributed by atoms with E-state index in [0.717, 1.165) is 11.4 Å². The van der Waals surface area contributed by atoms with Crippen molar-refractivity contribution in [3.8, 4) is 5.69 Å². The molecule has 1 aromatic carbocycles. The molecule has 0 spiro atoms. The van der Waals surface area contributed by atoms with E-state index in [1.54, 1.807) is 23.5 Å². The van der Waals surface area contributed by atoms with Crippen LogP contribution in [-0.2, 0) is 18.3 Å². The summed E-state index contributed by atoms with van der Waals surface area (Å²) >= 11 is 1.55. The van der Waals surface area contributed by atoms with Gasteiger partial charge in [-0.15, -0.1) is 5.10 Å². The first-order valence-corrected chi connectivity index (χ1v) is 12.0. The second kappa shape index (κ2) is 9.43. The summed E-state index contributed by atoms with van der Waals surface area (Å²) in [5.41, 5.74) is 0.757. The molecule has 178 valence electrons. The van der Waals surface area contributed by atoms with Crippen LogP contribution in [0.4, 0.5) is 5.95 Å². The zero-order chi connectivity index (χ0) is 23.7. The molecule has 0 bridgehead atoms. The third-order valence-electron chi connectivity index (χ3n) is 5.71. The van der Waals surface area contributed by atoms with Gasteiger partial charge in [-0.05, 0) is 28.5 Å². The number of tetrazole rings is 1. The van der Waals surface area contributed by atoms with Gasteiger partial charge < -0.3 is 14.2 Å². The Morgan fingerprint density at radius 1 is 1.18 bits per heavy atom. The van der Waals surface area contributed by atoms with E-state index < -0.39 is 11.2 Å². The number of hydrogen-bond donors (Lipinski definition) is 1. The van der Waals surface area contributed by atoms with Gasteiger partial charge in [0.05, 0.1) is 18.9 Å². The maximum Gasteiger partial charge on any atom is 0.329 e. The van der Waals surface area contributed by atoms with Crippen molar-refractivity contribution in [1.29, 1.82) is 0 Å². The SMILES string of the molecule is C[C@@H](CSc1nnnn1-c1ccccc1)Cn1c(N2CCOCC2)nc2c1c(=O)[nH]c(=O)n2C. The average Bonchev–Trinajstić information content (AvgIpc) is 3.48. The maximum absolute atomic E-state index is 12.8. The Labute approximate surface area is 198 Å². The topological polar surface area (TPSA) is 129 Å². The zero-order valence-electron chi connectivity index (χ0n) is 18.9. The number of morpholine rings is 1. The number of H-pyrrole nitrogens is 1. The number of benzene rings is 1. The van der Waals surface area contributed by atoms with Gasteiger partial charge in [0.15, 0.2) is 11.2 Å². The first-order valence-electron chi connectivity index (χ1n) is 11.0. The van der Waals surface area contributed by atoms with E-state index in [2.05, 4.69) is 32.3 Å². The number of rotatable bonds is 7. The van der Waals surface area contributed by atoms with Crippen LogP contribution in [0.3, 0.4) is 0 Å². The first kappa shape index (κ1) is 22.3. The summed E-state index contributed by atoms with van der Waals surface area (Å²) in [4.78, 5) is 34.2. The van der Waals surface area contributed by atoms with Gasteiger partial charge in [0.1, 0.15) is 0 Å². The summed E-state index contributed by atoms with van der Waals surface area (Å²) in [6, 6.07) is 9.73. The molecule has 0 radical (unpaired) electrons. The number of fused-ring (bicyclic) bond motifs is 1. The molecular formula is C21H25N9O3S. The summed E-state index contributed by atoms with van der Waals surface area (Å²) in [5, 5.41) is 12.8. The van der Waals surface area contributed by atoms with E-state index in [4.69, 9.17) is 9.72 Å². The number of aromatic amines is 1. The molecule has 1 saturated heterocycles. The normalized spacial score (nSPS) is 15.2. The largest absolute Gasteiger partial charge is 0.378 e. The molecule has 4 aromatic rings. The molecule has 1 N–H and O–H groups in total. The molecule has 3 aromatic heterocycles. The summed E-state index contributed by atoms with van der Waals surface area (Å²) in [6.07, 6.45) is 0. The van der Waals surface area contributed by atoms with E-state index >= 15 is 0 Å². The van der Waals surface area contributed by atoms with Gasteiger partial charge in [-0.3, -0.25) is 14.3 Å². The molecule has 4 heterocycles. The lowest BCUT2D eigenvalue weighted by atomic mass is 10.2. The maximum atomic E-state index is 12.8. The predicted octanol–water partition coefficient (Wildman–Crippen LogP) is 0.664. The highest BCUT2D eigenvalue weighted by atomic mass is 32.2. The molecule has 12 nitrogen and oxygen atoms in total. The van der Waals surface area contributed by atoms with Crippen molar-refractivity contribution in [2.75, 3.05) is 37.0 Å². The Hall–Kier alpha value is -3.45. The molecule has 0 amide bonds. The van der Waals surface area contributed by atoms with Crippen molar-refractivity contribution in [2.24, 2.45) is 13.0 Å². The van der Waals surface area contributed by atoms with Gasteiger partial charge in [0.25, 0.3) is 5.56 Å². The predicted molar refractivity (Wildman–Crippen MR) is 128 cm³/mol. The fraction of sp³-hybridized carbons (Fsp3) is 0.429.